The van der Waals surface area contributed by atoms with Crippen LogP contribution >= 0.6 is 0 Å². The van der Waals surface area contributed by atoms with Crippen LogP contribution in [0.25, 0.3) is 0 Å². The normalized spacial score (nSPS) is 26.8. The third kappa shape index (κ3) is 1.68. The summed E-state index contributed by atoms with van der Waals surface area (Å²) in [4.78, 5) is 0. The fourth-order valence-corrected chi connectivity index (χ4v) is 3.58. The largest absolute Gasteiger partial charge is 0.378 e. The second-order valence-electron chi connectivity index (χ2n) is 5.58. The van der Waals surface area contributed by atoms with Gasteiger partial charge in [-0.15, -0.1) is 0 Å². The number of hydrogen-bond acceptors (Lipinski definition) is 1. The van der Waals surface area contributed by atoms with Crippen molar-refractivity contribution in [3.05, 3.63) is 77.6 Å². The minimum Gasteiger partial charge on any atom is -0.378 e. The van der Waals surface area contributed by atoms with E-state index in [1.54, 1.807) is 12.1 Å². The summed E-state index contributed by atoms with van der Waals surface area (Å²) in [5.74, 6) is 0.689. The van der Waals surface area contributed by atoms with Crippen LogP contribution < -0.4 is 5.32 Å². The Balaban J connectivity index is 1.82. The standard InChI is InChI=1S/C18H16FN/c19-16-10-3-1-7-15(16)18-14-9-5-8-12(14)13-6-2-4-11-17(13)20-18/h1-8,10-12,14,18,20H,9H2. The van der Waals surface area contributed by atoms with Crippen molar-refractivity contribution < 1.29 is 4.39 Å². The highest BCUT2D eigenvalue weighted by Gasteiger charge is 2.38. The number of hydrogen-bond donors (Lipinski definition) is 1. The Labute approximate surface area is 118 Å². The lowest BCUT2D eigenvalue weighted by Crippen LogP contribution is -2.29. The van der Waals surface area contributed by atoms with E-state index in [4.69, 9.17) is 0 Å². The minimum absolute atomic E-state index is 0.0473. The third-order valence-electron chi connectivity index (χ3n) is 4.51. The molecule has 3 atom stereocenters. The van der Waals surface area contributed by atoms with Gasteiger partial charge in [0.2, 0.25) is 0 Å². The molecule has 1 N–H and O–H groups in total. The van der Waals surface area contributed by atoms with E-state index in [2.05, 4.69) is 35.7 Å². The van der Waals surface area contributed by atoms with E-state index in [1.165, 1.54) is 5.56 Å². The zero-order valence-electron chi connectivity index (χ0n) is 11.1. The van der Waals surface area contributed by atoms with Gasteiger partial charge >= 0.3 is 0 Å². The first-order chi connectivity index (χ1) is 9.84. The topological polar surface area (TPSA) is 12.0 Å². The second kappa shape index (κ2) is 4.48. The average Bonchev–Trinajstić information content (AvgIpc) is 2.97. The summed E-state index contributed by atoms with van der Waals surface area (Å²) >= 11 is 0. The SMILES string of the molecule is Fc1ccccc1C1Nc2ccccc2C2C=CCC21. The van der Waals surface area contributed by atoms with Crippen molar-refractivity contribution in [2.24, 2.45) is 5.92 Å². The van der Waals surface area contributed by atoms with Gasteiger partial charge in [-0.05, 0) is 30.0 Å². The van der Waals surface area contributed by atoms with E-state index in [1.807, 2.05) is 18.2 Å². The Hall–Kier alpha value is -2.09. The highest BCUT2D eigenvalue weighted by atomic mass is 19.1. The van der Waals surface area contributed by atoms with Crippen LogP contribution in [-0.4, -0.2) is 0 Å². The van der Waals surface area contributed by atoms with Crippen LogP contribution in [0, 0.1) is 11.7 Å². The van der Waals surface area contributed by atoms with Crippen molar-refractivity contribution in [3.63, 3.8) is 0 Å². The fourth-order valence-electron chi connectivity index (χ4n) is 3.58. The number of allylic oxidation sites excluding steroid dienone is 2. The Morgan fingerprint density at radius 1 is 0.950 bits per heavy atom. The molecule has 2 aromatic rings. The van der Waals surface area contributed by atoms with Crippen molar-refractivity contribution >= 4 is 5.69 Å². The van der Waals surface area contributed by atoms with Crippen molar-refractivity contribution in [2.75, 3.05) is 5.32 Å². The van der Waals surface area contributed by atoms with Gasteiger partial charge in [-0.1, -0.05) is 48.6 Å². The van der Waals surface area contributed by atoms with E-state index in [0.29, 0.717) is 11.8 Å². The lowest BCUT2D eigenvalue weighted by Gasteiger charge is -2.37. The molecule has 0 saturated heterocycles. The molecule has 0 saturated carbocycles. The molecular formula is C18H16FN. The average molecular weight is 265 g/mol. The molecule has 2 heteroatoms. The van der Waals surface area contributed by atoms with E-state index < -0.39 is 0 Å². The highest BCUT2D eigenvalue weighted by Crippen LogP contribution is 2.49. The molecule has 1 aliphatic heterocycles. The number of benzene rings is 2. The summed E-state index contributed by atoms with van der Waals surface area (Å²) in [6, 6.07) is 15.5. The maximum Gasteiger partial charge on any atom is 0.128 e. The number of para-hydroxylation sites is 1. The molecule has 4 rings (SSSR count). The molecule has 2 aromatic carbocycles. The number of halogens is 1. The predicted molar refractivity (Wildman–Crippen MR) is 79.2 cm³/mol. The molecule has 2 aliphatic rings. The molecule has 0 amide bonds. The Morgan fingerprint density at radius 3 is 2.55 bits per heavy atom. The molecule has 1 aliphatic carbocycles. The van der Waals surface area contributed by atoms with Crippen LogP contribution in [0.5, 0.6) is 0 Å². The maximum atomic E-state index is 14.1. The lowest BCUT2D eigenvalue weighted by molar-refractivity contribution is 0.413. The molecule has 0 fully saturated rings. The van der Waals surface area contributed by atoms with Crippen LogP contribution in [0.15, 0.2) is 60.7 Å². The second-order valence-corrected chi connectivity index (χ2v) is 5.58. The van der Waals surface area contributed by atoms with Gasteiger partial charge in [-0.3, -0.25) is 0 Å². The summed E-state index contributed by atoms with van der Waals surface area (Å²) in [5, 5.41) is 3.55. The third-order valence-corrected chi connectivity index (χ3v) is 4.51. The molecule has 1 heterocycles. The Morgan fingerprint density at radius 2 is 1.70 bits per heavy atom. The van der Waals surface area contributed by atoms with Crippen LogP contribution in [0.4, 0.5) is 10.1 Å². The molecule has 0 bridgehead atoms. The summed E-state index contributed by atoms with van der Waals surface area (Å²) in [6.45, 7) is 0. The highest BCUT2D eigenvalue weighted by molar-refractivity contribution is 5.59. The molecular weight excluding hydrogens is 249 g/mol. The lowest BCUT2D eigenvalue weighted by atomic mass is 9.77. The zero-order chi connectivity index (χ0) is 13.5. The van der Waals surface area contributed by atoms with Crippen molar-refractivity contribution in [1.82, 2.24) is 0 Å². The van der Waals surface area contributed by atoms with Gasteiger partial charge in [0.15, 0.2) is 0 Å². The van der Waals surface area contributed by atoms with E-state index in [0.717, 1.165) is 17.7 Å². The zero-order valence-corrected chi connectivity index (χ0v) is 11.1. The van der Waals surface area contributed by atoms with Gasteiger partial charge in [0.25, 0.3) is 0 Å². The van der Waals surface area contributed by atoms with Crippen molar-refractivity contribution in [3.8, 4) is 0 Å². The first kappa shape index (κ1) is 11.7. The predicted octanol–water partition coefficient (Wildman–Crippen LogP) is 4.65. The maximum absolute atomic E-state index is 14.1. The van der Waals surface area contributed by atoms with Gasteiger partial charge in [-0.2, -0.15) is 0 Å². The van der Waals surface area contributed by atoms with Crippen LogP contribution in [-0.2, 0) is 0 Å². The van der Waals surface area contributed by atoms with Gasteiger partial charge in [0.1, 0.15) is 5.82 Å². The number of nitrogens with one attached hydrogen (secondary N) is 1. The quantitative estimate of drug-likeness (QED) is 0.740. The van der Waals surface area contributed by atoms with E-state index in [9.17, 15) is 4.39 Å². The smallest absolute Gasteiger partial charge is 0.128 e. The van der Waals surface area contributed by atoms with Crippen molar-refractivity contribution in [2.45, 2.75) is 18.4 Å². The van der Waals surface area contributed by atoms with Gasteiger partial charge in [0, 0.05) is 17.2 Å². The van der Waals surface area contributed by atoms with E-state index in [-0.39, 0.29) is 11.9 Å². The molecule has 0 aromatic heterocycles. The first-order valence-electron chi connectivity index (χ1n) is 7.11. The van der Waals surface area contributed by atoms with Crippen LogP contribution in [0.1, 0.15) is 29.5 Å². The van der Waals surface area contributed by atoms with Crippen LogP contribution in [0.3, 0.4) is 0 Å². The summed E-state index contributed by atoms with van der Waals surface area (Å²) < 4.78 is 14.1. The van der Waals surface area contributed by atoms with Gasteiger partial charge in [-0.25, -0.2) is 4.39 Å². The Bertz CT molecular complexity index is 677. The Kier molecular flexibility index (Phi) is 2.62. The first-order valence-corrected chi connectivity index (χ1v) is 7.11. The summed E-state index contributed by atoms with van der Waals surface area (Å²) in [7, 11) is 0. The molecule has 3 unspecified atom stereocenters. The van der Waals surface area contributed by atoms with Crippen LogP contribution in [0.2, 0.25) is 0 Å². The molecule has 100 valence electrons. The molecule has 20 heavy (non-hydrogen) atoms. The van der Waals surface area contributed by atoms with Gasteiger partial charge in [0.05, 0.1) is 6.04 Å². The summed E-state index contributed by atoms with van der Waals surface area (Å²) in [6.07, 6.45) is 5.51. The van der Waals surface area contributed by atoms with Crippen molar-refractivity contribution in [1.29, 1.82) is 0 Å². The number of rotatable bonds is 1. The van der Waals surface area contributed by atoms with E-state index >= 15 is 0 Å². The number of fused-ring (bicyclic) bond motifs is 3. The molecule has 0 radical (unpaired) electrons. The minimum atomic E-state index is -0.116. The summed E-state index contributed by atoms with van der Waals surface area (Å²) in [5.41, 5.74) is 3.24. The molecule has 0 spiro atoms. The monoisotopic (exact) mass is 265 g/mol. The fraction of sp³-hybridized carbons (Fsp3) is 0.222. The van der Waals surface area contributed by atoms with Gasteiger partial charge < -0.3 is 5.32 Å². The number of anilines is 1. The molecule has 1 nitrogen and oxygen atoms in total.